The van der Waals surface area contributed by atoms with Crippen LogP contribution >= 0.6 is 0 Å². The number of hydrazone groups is 1. The number of benzene rings is 2. The maximum Gasteiger partial charge on any atom is 0.240 e. The molecule has 0 aromatic heterocycles. The lowest BCUT2D eigenvalue weighted by atomic mass is 10.1. The Labute approximate surface area is 135 Å². The molecular formula is C18H20N2O3. The third-order valence-electron chi connectivity index (χ3n) is 3.29. The fourth-order valence-corrected chi connectivity index (χ4v) is 2.07. The maximum atomic E-state index is 11.8. The summed E-state index contributed by atoms with van der Waals surface area (Å²) in [7, 11) is 3.16. The molecule has 2 rings (SSSR count). The Kier molecular flexibility index (Phi) is 6.17. The minimum Gasteiger partial charge on any atom is -0.493 e. The van der Waals surface area contributed by atoms with Crippen molar-refractivity contribution in [3.63, 3.8) is 0 Å². The van der Waals surface area contributed by atoms with Crippen LogP contribution in [0.15, 0.2) is 53.6 Å². The van der Waals surface area contributed by atoms with Crippen molar-refractivity contribution in [1.82, 2.24) is 5.43 Å². The van der Waals surface area contributed by atoms with Gasteiger partial charge in [0.1, 0.15) is 0 Å². The summed E-state index contributed by atoms with van der Waals surface area (Å²) in [5, 5.41) is 3.96. The molecule has 1 amide bonds. The SMILES string of the molecule is COc1ccc(/C=N\NC(=O)CCc2ccccc2)cc1OC. The average Bonchev–Trinajstić information content (AvgIpc) is 2.60. The number of rotatable bonds is 7. The number of carbonyl (C=O) groups is 1. The van der Waals surface area contributed by atoms with Gasteiger partial charge in [-0.15, -0.1) is 0 Å². The zero-order chi connectivity index (χ0) is 16.5. The van der Waals surface area contributed by atoms with Crippen LogP contribution in [0.5, 0.6) is 11.5 Å². The molecule has 23 heavy (non-hydrogen) atoms. The van der Waals surface area contributed by atoms with E-state index in [1.807, 2.05) is 36.4 Å². The summed E-state index contributed by atoms with van der Waals surface area (Å²) >= 11 is 0. The Morgan fingerprint density at radius 3 is 2.52 bits per heavy atom. The molecule has 2 aromatic rings. The maximum absolute atomic E-state index is 11.8. The van der Waals surface area contributed by atoms with Crippen molar-refractivity contribution in [3.8, 4) is 11.5 Å². The molecule has 0 aliphatic rings. The Morgan fingerprint density at radius 1 is 1.09 bits per heavy atom. The molecule has 0 spiro atoms. The van der Waals surface area contributed by atoms with E-state index >= 15 is 0 Å². The lowest BCUT2D eigenvalue weighted by molar-refractivity contribution is -0.121. The van der Waals surface area contributed by atoms with Crippen molar-refractivity contribution in [2.24, 2.45) is 5.10 Å². The topological polar surface area (TPSA) is 59.9 Å². The fourth-order valence-electron chi connectivity index (χ4n) is 2.07. The third kappa shape index (κ3) is 5.14. The zero-order valence-corrected chi connectivity index (χ0v) is 13.3. The van der Waals surface area contributed by atoms with Crippen LogP contribution in [0.1, 0.15) is 17.5 Å². The molecule has 1 N–H and O–H groups in total. The first kappa shape index (κ1) is 16.5. The van der Waals surface area contributed by atoms with Crippen molar-refractivity contribution in [1.29, 1.82) is 0 Å². The fraction of sp³-hybridized carbons (Fsp3) is 0.222. The molecule has 0 atom stereocenters. The highest BCUT2D eigenvalue weighted by Gasteiger charge is 2.03. The summed E-state index contributed by atoms with van der Waals surface area (Å²) in [4.78, 5) is 11.8. The quantitative estimate of drug-likeness (QED) is 0.632. The van der Waals surface area contributed by atoms with Crippen molar-refractivity contribution in [2.75, 3.05) is 14.2 Å². The zero-order valence-electron chi connectivity index (χ0n) is 13.3. The highest BCUT2D eigenvalue weighted by Crippen LogP contribution is 2.26. The van der Waals surface area contributed by atoms with Crippen molar-refractivity contribution >= 4 is 12.1 Å². The van der Waals surface area contributed by atoms with Gasteiger partial charge in [0.2, 0.25) is 5.91 Å². The number of ether oxygens (including phenoxy) is 2. The molecule has 2 aromatic carbocycles. The van der Waals surface area contributed by atoms with E-state index in [1.54, 1.807) is 32.6 Å². The highest BCUT2D eigenvalue weighted by atomic mass is 16.5. The smallest absolute Gasteiger partial charge is 0.240 e. The second-order valence-corrected chi connectivity index (χ2v) is 4.89. The van der Waals surface area contributed by atoms with Gasteiger partial charge in [-0.25, -0.2) is 5.43 Å². The Bertz CT molecular complexity index is 669. The van der Waals surface area contributed by atoms with E-state index < -0.39 is 0 Å². The van der Waals surface area contributed by atoms with Gasteiger partial charge >= 0.3 is 0 Å². The number of hydrogen-bond acceptors (Lipinski definition) is 4. The van der Waals surface area contributed by atoms with E-state index in [1.165, 1.54) is 0 Å². The van der Waals surface area contributed by atoms with Gasteiger partial charge in [-0.1, -0.05) is 30.3 Å². The molecule has 0 saturated carbocycles. The lowest BCUT2D eigenvalue weighted by Gasteiger charge is -2.07. The van der Waals surface area contributed by atoms with E-state index in [0.29, 0.717) is 24.3 Å². The van der Waals surface area contributed by atoms with Crippen molar-refractivity contribution < 1.29 is 14.3 Å². The first-order chi connectivity index (χ1) is 11.2. The summed E-state index contributed by atoms with van der Waals surface area (Å²) in [6.45, 7) is 0. The molecule has 0 saturated heterocycles. The third-order valence-corrected chi connectivity index (χ3v) is 3.29. The summed E-state index contributed by atoms with van der Waals surface area (Å²) < 4.78 is 10.4. The van der Waals surface area contributed by atoms with Gasteiger partial charge < -0.3 is 9.47 Å². The van der Waals surface area contributed by atoms with Crippen LogP contribution in [-0.4, -0.2) is 26.3 Å². The van der Waals surface area contributed by atoms with Crippen molar-refractivity contribution in [2.45, 2.75) is 12.8 Å². The van der Waals surface area contributed by atoms with Crippen molar-refractivity contribution in [3.05, 3.63) is 59.7 Å². The molecule has 0 heterocycles. The average molecular weight is 312 g/mol. The van der Waals surface area contributed by atoms with E-state index in [-0.39, 0.29) is 5.91 Å². The molecule has 0 unspecified atom stereocenters. The van der Waals surface area contributed by atoms with Gasteiger partial charge in [0, 0.05) is 6.42 Å². The first-order valence-corrected chi connectivity index (χ1v) is 7.31. The molecule has 5 heteroatoms. The molecule has 5 nitrogen and oxygen atoms in total. The van der Waals surface area contributed by atoms with E-state index in [0.717, 1.165) is 11.1 Å². The number of nitrogens with zero attached hydrogens (tertiary/aromatic N) is 1. The summed E-state index contributed by atoms with van der Waals surface area (Å²) in [5.41, 5.74) is 4.47. The van der Waals surface area contributed by atoms with E-state index in [2.05, 4.69) is 10.5 Å². The number of nitrogens with one attached hydrogen (secondary N) is 1. The van der Waals surface area contributed by atoms with Gasteiger partial charge in [0.05, 0.1) is 20.4 Å². The molecule has 0 aliphatic heterocycles. The van der Waals surface area contributed by atoms with Crippen LogP contribution in [-0.2, 0) is 11.2 Å². The highest BCUT2D eigenvalue weighted by molar-refractivity contribution is 5.83. The second-order valence-electron chi connectivity index (χ2n) is 4.89. The predicted octanol–water partition coefficient (Wildman–Crippen LogP) is 2.79. The van der Waals surface area contributed by atoms with Gasteiger partial charge in [-0.05, 0) is 35.7 Å². The molecular weight excluding hydrogens is 292 g/mol. The molecule has 0 aliphatic carbocycles. The van der Waals surface area contributed by atoms with Crippen LogP contribution in [0.3, 0.4) is 0 Å². The lowest BCUT2D eigenvalue weighted by Crippen LogP contribution is -2.17. The van der Waals surface area contributed by atoms with Crippen LogP contribution in [0.2, 0.25) is 0 Å². The minimum absolute atomic E-state index is 0.120. The van der Waals surface area contributed by atoms with Gasteiger partial charge in [-0.3, -0.25) is 4.79 Å². The van der Waals surface area contributed by atoms with E-state index in [4.69, 9.17) is 9.47 Å². The Hall–Kier alpha value is -2.82. The largest absolute Gasteiger partial charge is 0.493 e. The number of amides is 1. The number of carbonyl (C=O) groups excluding carboxylic acids is 1. The summed E-state index contributed by atoms with van der Waals surface area (Å²) in [6, 6.07) is 15.3. The molecule has 0 bridgehead atoms. The van der Waals surface area contributed by atoms with Crippen LogP contribution in [0.25, 0.3) is 0 Å². The minimum atomic E-state index is -0.120. The van der Waals surface area contributed by atoms with Gasteiger partial charge in [0.15, 0.2) is 11.5 Å². The number of hydrogen-bond donors (Lipinski definition) is 1. The second kappa shape index (κ2) is 8.58. The Balaban J connectivity index is 1.85. The molecule has 120 valence electrons. The van der Waals surface area contributed by atoms with Crippen LogP contribution in [0.4, 0.5) is 0 Å². The monoisotopic (exact) mass is 312 g/mol. The number of methoxy groups -OCH3 is 2. The predicted molar refractivity (Wildman–Crippen MR) is 90.0 cm³/mol. The molecule has 0 radical (unpaired) electrons. The van der Waals surface area contributed by atoms with Gasteiger partial charge in [-0.2, -0.15) is 5.10 Å². The first-order valence-electron chi connectivity index (χ1n) is 7.31. The molecule has 0 fully saturated rings. The summed E-state index contributed by atoms with van der Waals surface area (Å²) in [5.74, 6) is 1.15. The van der Waals surface area contributed by atoms with Gasteiger partial charge in [0.25, 0.3) is 0 Å². The standard InChI is InChI=1S/C18H20N2O3/c1-22-16-10-8-15(12-17(16)23-2)13-19-20-18(21)11-9-14-6-4-3-5-7-14/h3-8,10,12-13H,9,11H2,1-2H3,(H,20,21)/b19-13-. The van der Waals surface area contributed by atoms with Crippen LogP contribution in [0, 0.1) is 0 Å². The normalized spacial score (nSPS) is 10.5. The van der Waals surface area contributed by atoms with E-state index in [9.17, 15) is 4.79 Å². The Morgan fingerprint density at radius 2 is 1.83 bits per heavy atom. The van der Waals surface area contributed by atoms with Crippen LogP contribution < -0.4 is 14.9 Å². The summed E-state index contributed by atoms with van der Waals surface area (Å²) in [6.07, 6.45) is 2.66. The number of aryl methyl sites for hydroxylation is 1.